The molecule has 0 bridgehead atoms. The Labute approximate surface area is 240 Å². The molecule has 1 saturated carbocycles. The standard InChI is InChI=1S/C30H29BrN6O3/c1-2-25(38)35-14-15-40-29-26-23(37(34-29)20-8-6-19(7-9-20)18-4-3-5-18)12-13-36(24(26)16-35)30(39)21-10-11-22(31)28-27(21)32-17-33-28/h2,6-11,18,24H,1,3-5,12-17H2. The van der Waals surface area contributed by atoms with Gasteiger partial charge in [-0.05, 0) is 70.6 Å². The lowest BCUT2D eigenvalue weighted by Crippen LogP contribution is -2.49. The lowest BCUT2D eigenvalue weighted by atomic mass is 9.80. The summed E-state index contributed by atoms with van der Waals surface area (Å²) in [5, 5.41) is 6.22. The van der Waals surface area contributed by atoms with E-state index < -0.39 is 6.04 Å². The number of fused-ring (bicyclic) bond motifs is 1. The van der Waals surface area contributed by atoms with Crippen molar-refractivity contribution in [2.45, 2.75) is 37.6 Å². The summed E-state index contributed by atoms with van der Waals surface area (Å²) in [5.41, 5.74) is 4.72. The fourth-order valence-corrected chi connectivity index (χ4v) is 6.64. The van der Waals surface area contributed by atoms with E-state index in [0.29, 0.717) is 67.4 Å². The van der Waals surface area contributed by atoms with Crippen LogP contribution in [-0.2, 0) is 11.2 Å². The minimum absolute atomic E-state index is 0.143. The minimum atomic E-state index is -0.434. The Morgan fingerprint density at radius 3 is 2.60 bits per heavy atom. The Bertz CT molecular complexity index is 1660. The Kier molecular flexibility index (Phi) is 6.30. The van der Waals surface area contributed by atoms with Gasteiger partial charge in [-0.2, -0.15) is 0 Å². The number of aromatic nitrogens is 2. The molecule has 3 aliphatic heterocycles. The summed E-state index contributed by atoms with van der Waals surface area (Å²) < 4.78 is 8.95. The highest BCUT2D eigenvalue weighted by Gasteiger charge is 2.40. The zero-order valence-corrected chi connectivity index (χ0v) is 23.6. The smallest absolute Gasteiger partial charge is 0.256 e. The molecule has 40 heavy (non-hydrogen) atoms. The van der Waals surface area contributed by atoms with Gasteiger partial charge in [-0.1, -0.05) is 25.1 Å². The number of nitrogens with zero attached hydrogens (tertiary/aromatic N) is 6. The normalized spacial score (nSPS) is 19.7. The average Bonchev–Trinajstić information content (AvgIpc) is 3.56. The highest BCUT2D eigenvalue weighted by Crippen LogP contribution is 2.40. The molecule has 4 heterocycles. The van der Waals surface area contributed by atoms with Gasteiger partial charge in [0.15, 0.2) is 0 Å². The van der Waals surface area contributed by atoms with Gasteiger partial charge >= 0.3 is 0 Å². The van der Waals surface area contributed by atoms with Gasteiger partial charge in [-0.25, -0.2) is 4.68 Å². The van der Waals surface area contributed by atoms with E-state index in [1.54, 1.807) is 11.0 Å². The molecule has 4 aliphatic rings. The predicted molar refractivity (Wildman–Crippen MR) is 151 cm³/mol. The van der Waals surface area contributed by atoms with Crippen molar-refractivity contribution in [2.24, 2.45) is 9.98 Å². The summed E-state index contributed by atoms with van der Waals surface area (Å²) >= 11 is 3.53. The van der Waals surface area contributed by atoms with Crippen LogP contribution in [0, 0.1) is 0 Å². The molecule has 204 valence electrons. The van der Waals surface area contributed by atoms with Crippen molar-refractivity contribution in [3.05, 3.63) is 86.6 Å². The first-order valence-electron chi connectivity index (χ1n) is 13.8. The second kappa shape index (κ2) is 9.99. The van der Waals surface area contributed by atoms with E-state index in [0.717, 1.165) is 21.4 Å². The Morgan fingerprint density at radius 2 is 1.85 bits per heavy atom. The van der Waals surface area contributed by atoms with Crippen molar-refractivity contribution >= 4 is 27.7 Å². The zero-order valence-electron chi connectivity index (χ0n) is 22.1. The van der Waals surface area contributed by atoms with Crippen LogP contribution in [0.5, 0.6) is 5.88 Å². The van der Waals surface area contributed by atoms with Crippen molar-refractivity contribution in [3.8, 4) is 11.6 Å². The maximum atomic E-state index is 14.2. The van der Waals surface area contributed by atoms with Crippen LogP contribution in [0.1, 0.15) is 58.4 Å². The molecule has 0 radical (unpaired) electrons. The third-order valence-corrected chi connectivity index (χ3v) is 9.17. The summed E-state index contributed by atoms with van der Waals surface area (Å²) in [7, 11) is 0. The van der Waals surface area contributed by atoms with Crippen molar-refractivity contribution in [2.75, 3.05) is 32.9 Å². The Balaban J connectivity index is 1.31. The number of carbonyl (C=O) groups excluding carboxylic acids is 2. The van der Waals surface area contributed by atoms with Gasteiger partial charge in [0.1, 0.15) is 13.3 Å². The minimum Gasteiger partial charge on any atom is -0.474 e. The van der Waals surface area contributed by atoms with Crippen molar-refractivity contribution in [1.29, 1.82) is 0 Å². The van der Waals surface area contributed by atoms with Crippen molar-refractivity contribution in [3.63, 3.8) is 0 Å². The van der Waals surface area contributed by atoms with Gasteiger partial charge in [0.05, 0.1) is 45.8 Å². The summed E-state index contributed by atoms with van der Waals surface area (Å²) in [6.45, 7) is 5.47. The fraction of sp³-hybridized carbons (Fsp3) is 0.367. The molecule has 2 amide bonds. The number of rotatable bonds is 4. The van der Waals surface area contributed by atoms with Gasteiger partial charge in [0.2, 0.25) is 11.8 Å². The highest BCUT2D eigenvalue weighted by atomic mass is 79.9. The van der Waals surface area contributed by atoms with E-state index in [2.05, 4.69) is 56.8 Å². The molecule has 0 N–H and O–H groups in total. The summed E-state index contributed by atoms with van der Waals surface area (Å²) in [6.07, 6.45) is 5.72. The van der Waals surface area contributed by atoms with Crippen LogP contribution in [0.15, 0.2) is 63.5 Å². The molecule has 10 heteroatoms. The maximum absolute atomic E-state index is 14.2. The monoisotopic (exact) mass is 600 g/mol. The molecule has 0 saturated heterocycles. The van der Waals surface area contributed by atoms with Crippen LogP contribution >= 0.6 is 15.9 Å². The van der Waals surface area contributed by atoms with Gasteiger partial charge in [-0.15, -0.1) is 5.10 Å². The Morgan fingerprint density at radius 1 is 1.05 bits per heavy atom. The fourth-order valence-electron chi connectivity index (χ4n) is 6.19. The SMILES string of the molecule is C=CC(=O)N1CCOc2nn(-c3ccc(C4CCC4)cc3)c3c2C(C1)N(C(=O)c1ccc(Br)c2c1=NCN=2)CC3. The molecule has 2 aromatic carbocycles. The quantitative estimate of drug-likeness (QED) is 0.430. The molecule has 1 atom stereocenters. The van der Waals surface area contributed by atoms with Crippen LogP contribution in [0.25, 0.3) is 5.69 Å². The number of ether oxygens (including phenoxy) is 1. The highest BCUT2D eigenvalue weighted by molar-refractivity contribution is 9.10. The summed E-state index contributed by atoms with van der Waals surface area (Å²) in [4.78, 5) is 39.4. The van der Waals surface area contributed by atoms with Gasteiger partial charge in [0.25, 0.3) is 5.91 Å². The third-order valence-electron chi connectivity index (χ3n) is 8.53. The van der Waals surface area contributed by atoms with E-state index in [1.165, 1.54) is 30.9 Å². The topological polar surface area (TPSA) is 92.4 Å². The van der Waals surface area contributed by atoms with Gasteiger partial charge < -0.3 is 14.5 Å². The molecule has 1 aliphatic carbocycles. The van der Waals surface area contributed by atoms with Crippen molar-refractivity contribution in [1.82, 2.24) is 19.6 Å². The first kappa shape index (κ1) is 25.2. The molecule has 7 rings (SSSR count). The maximum Gasteiger partial charge on any atom is 0.256 e. The van der Waals surface area contributed by atoms with Crippen LogP contribution in [0.2, 0.25) is 0 Å². The van der Waals surface area contributed by atoms with E-state index in [4.69, 9.17) is 9.84 Å². The number of hydrogen-bond donors (Lipinski definition) is 0. The zero-order chi connectivity index (χ0) is 27.4. The third kappa shape index (κ3) is 4.08. The Hall–Kier alpha value is -3.79. The number of carbonyl (C=O) groups is 2. The molecular formula is C30H29BrN6O3. The number of benzene rings is 2. The number of amides is 2. The van der Waals surface area contributed by atoms with Gasteiger partial charge in [0, 0.05) is 24.0 Å². The molecule has 9 nitrogen and oxygen atoms in total. The van der Waals surface area contributed by atoms with E-state index in [9.17, 15) is 9.59 Å². The van der Waals surface area contributed by atoms with Crippen LogP contribution in [0.4, 0.5) is 0 Å². The summed E-state index contributed by atoms with van der Waals surface area (Å²) in [5.74, 6) is 0.844. The van der Waals surface area contributed by atoms with Crippen LogP contribution in [0.3, 0.4) is 0 Å². The second-order valence-electron chi connectivity index (χ2n) is 10.6. The number of halogens is 1. The lowest BCUT2D eigenvalue weighted by Gasteiger charge is -2.39. The van der Waals surface area contributed by atoms with E-state index in [1.807, 2.05) is 15.6 Å². The van der Waals surface area contributed by atoms with Crippen LogP contribution in [-0.4, -0.2) is 64.3 Å². The van der Waals surface area contributed by atoms with E-state index in [-0.39, 0.29) is 11.8 Å². The molecule has 1 aromatic heterocycles. The molecular weight excluding hydrogens is 572 g/mol. The summed E-state index contributed by atoms with van der Waals surface area (Å²) in [6, 6.07) is 11.9. The molecule has 3 aromatic rings. The molecule has 1 fully saturated rings. The second-order valence-corrected chi connectivity index (χ2v) is 11.5. The molecule has 1 unspecified atom stereocenters. The predicted octanol–water partition coefficient (Wildman–Crippen LogP) is 3.26. The first-order valence-corrected chi connectivity index (χ1v) is 14.6. The van der Waals surface area contributed by atoms with Crippen LogP contribution < -0.4 is 15.5 Å². The largest absolute Gasteiger partial charge is 0.474 e. The lowest BCUT2D eigenvalue weighted by molar-refractivity contribution is -0.127. The average molecular weight is 602 g/mol. The van der Waals surface area contributed by atoms with E-state index >= 15 is 0 Å². The molecule has 0 spiro atoms. The van der Waals surface area contributed by atoms with Gasteiger partial charge in [-0.3, -0.25) is 19.6 Å². The number of hydrogen-bond acceptors (Lipinski definition) is 6. The van der Waals surface area contributed by atoms with Crippen molar-refractivity contribution < 1.29 is 14.3 Å². The first-order chi connectivity index (χ1) is 19.5.